The Morgan fingerprint density at radius 1 is 1.42 bits per heavy atom. The van der Waals surface area contributed by atoms with E-state index in [1.165, 1.54) is 12.1 Å². The summed E-state index contributed by atoms with van der Waals surface area (Å²) in [6, 6.07) is 6.31. The standard InChI is InChI=1S/C9H11ClFN/c1-12(2)9(10)7-4-3-5-8(11)6-7/h3-6,9H,1-2H3. The highest BCUT2D eigenvalue weighted by Gasteiger charge is 2.09. The van der Waals surface area contributed by atoms with Crippen molar-refractivity contribution in [2.45, 2.75) is 5.50 Å². The average molecular weight is 188 g/mol. The topological polar surface area (TPSA) is 3.24 Å². The fraction of sp³-hybridized carbons (Fsp3) is 0.333. The summed E-state index contributed by atoms with van der Waals surface area (Å²) in [6.45, 7) is 0. The van der Waals surface area contributed by atoms with Crippen molar-refractivity contribution in [3.63, 3.8) is 0 Å². The Morgan fingerprint density at radius 3 is 2.58 bits per heavy atom. The van der Waals surface area contributed by atoms with E-state index >= 15 is 0 Å². The van der Waals surface area contributed by atoms with Gasteiger partial charge in [-0.15, -0.1) is 11.6 Å². The molecule has 1 nitrogen and oxygen atoms in total. The molecule has 0 aromatic heterocycles. The molecule has 0 amide bonds. The van der Waals surface area contributed by atoms with E-state index < -0.39 is 0 Å². The zero-order valence-corrected chi connectivity index (χ0v) is 7.85. The maximum absolute atomic E-state index is 12.7. The fourth-order valence-corrected chi connectivity index (χ4v) is 1.09. The van der Waals surface area contributed by atoms with Gasteiger partial charge in [-0.1, -0.05) is 12.1 Å². The minimum atomic E-state index is -0.263. The van der Waals surface area contributed by atoms with E-state index in [1.807, 2.05) is 19.0 Å². The molecule has 66 valence electrons. The molecular formula is C9H11ClFN. The van der Waals surface area contributed by atoms with Crippen molar-refractivity contribution >= 4 is 11.6 Å². The van der Waals surface area contributed by atoms with Crippen LogP contribution in [0.4, 0.5) is 4.39 Å². The van der Waals surface area contributed by atoms with Crippen molar-refractivity contribution in [3.8, 4) is 0 Å². The second-order valence-electron chi connectivity index (χ2n) is 2.85. The summed E-state index contributed by atoms with van der Waals surface area (Å²) in [4.78, 5) is 1.82. The maximum atomic E-state index is 12.7. The average Bonchev–Trinajstić information content (AvgIpc) is 2.03. The first-order chi connectivity index (χ1) is 5.61. The van der Waals surface area contributed by atoms with Gasteiger partial charge in [0.25, 0.3) is 0 Å². The van der Waals surface area contributed by atoms with Crippen LogP contribution in [0.3, 0.4) is 0 Å². The molecule has 0 saturated heterocycles. The molecule has 0 heterocycles. The van der Waals surface area contributed by atoms with Crippen molar-refractivity contribution in [1.82, 2.24) is 4.90 Å². The van der Waals surface area contributed by atoms with E-state index in [2.05, 4.69) is 0 Å². The normalized spacial score (nSPS) is 13.4. The SMILES string of the molecule is CN(C)C(Cl)c1cccc(F)c1. The molecule has 3 heteroatoms. The number of nitrogens with zero attached hydrogens (tertiary/aromatic N) is 1. The summed E-state index contributed by atoms with van der Waals surface area (Å²) >= 11 is 5.97. The quantitative estimate of drug-likeness (QED) is 0.508. The lowest BCUT2D eigenvalue weighted by atomic mass is 10.2. The molecule has 0 saturated carbocycles. The van der Waals surface area contributed by atoms with Crippen LogP contribution in [-0.4, -0.2) is 19.0 Å². The highest BCUT2D eigenvalue weighted by atomic mass is 35.5. The zero-order valence-electron chi connectivity index (χ0n) is 7.09. The minimum Gasteiger partial charge on any atom is -0.290 e. The Balaban J connectivity index is 2.88. The van der Waals surface area contributed by atoms with E-state index in [0.29, 0.717) is 0 Å². The van der Waals surface area contributed by atoms with Crippen molar-refractivity contribution in [2.24, 2.45) is 0 Å². The second-order valence-corrected chi connectivity index (χ2v) is 3.27. The Bertz CT molecular complexity index is 262. The zero-order chi connectivity index (χ0) is 9.14. The molecular weight excluding hydrogens is 177 g/mol. The lowest BCUT2D eigenvalue weighted by molar-refractivity contribution is 0.383. The van der Waals surface area contributed by atoms with Crippen LogP contribution in [-0.2, 0) is 0 Å². The van der Waals surface area contributed by atoms with E-state index in [0.717, 1.165) is 5.56 Å². The van der Waals surface area contributed by atoms with E-state index in [-0.39, 0.29) is 11.3 Å². The predicted octanol–water partition coefficient (Wildman–Crippen LogP) is 2.62. The minimum absolute atomic E-state index is 0.250. The van der Waals surface area contributed by atoms with Crippen molar-refractivity contribution in [1.29, 1.82) is 0 Å². The molecule has 0 aliphatic carbocycles. The van der Waals surface area contributed by atoms with Gasteiger partial charge >= 0.3 is 0 Å². The smallest absolute Gasteiger partial charge is 0.123 e. The summed E-state index contributed by atoms with van der Waals surface area (Å²) in [5, 5.41) is 0. The Morgan fingerprint density at radius 2 is 2.08 bits per heavy atom. The van der Waals surface area contributed by atoms with Gasteiger partial charge in [0.05, 0.1) is 0 Å². The van der Waals surface area contributed by atoms with E-state index in [4.69, 9.17) is 11.6 Å². The van der Waals surface area contributed by atoms with Gasteiger partial charge in [-0.2, -0.15) is 0 Å². The van der Waals surface area contributed by atoms with Gasteiger partial charge in [-0.25, -0.2) is 4.39 Å². The first-order valence-corrected chi connectivity index (χ1v) is 4.11. The van der Waals surface area contributed by atoms with Crippen LogP contribution in [0.25, 0.3) is 0 Å². The summed E-state index contributed by atoms with van der Waals surface area (Å²) in [5.74, 6) is -0.250. The third-order valence-corrected chi connectivity index (χ3v) is 2.22. The summed E-state index contributed by atoms with van der Waals surface area (Å²) in [5.41, 5.74) is 0.516. The van der Waals surface area contributed by atoms with Crippen LogP contribution in [0.2, 0.25) is 0 Å². The highest BCUT2D eigenvalue weighted by Crippen LogP contribution is 2.22. The molecule has 1 aromatic carbocycles. The van der Waals surface area contributed by atoms with Crippen molar-refractivity contribution in [2.75, 3.05) is 14.1 Å². The first kappa shape index (κ1) is 9.49. The van der Waals surface area contributed by atoms with Crippen LogP contribution in [0.5, 0.6) is 0 Å². The van der Waals surface area contributed by atoms with Crippen LogP contribution >= 0.6 is 11.6 Å². The first-order valence-electron chi connectivity index (χ1n) is 3.67. The molecule has 1 aromatic rings. The summed E-state index contributed by atoms with van der Waals surface area (Å²) in [7, 11) is 3.70. The molecule has 0 radical (unpaired) electrons. The lowest BCUT2D eigenvalue weighted by Crippen LogP contribution is -2.14. The number of rotatable bonds is 2. The molecule has 1 unspecified atom stereocenters. The molecule has 0 spiro atoms. The fourth-order valence-electron chi connectivity index (χ4n) is 0.953. The van der Waals surface area contributed by atoms with Gasteiger partial charge in [0.1, 0.15) is 11.3 Å². The number of benzene rings is 1. The molecule has 1 atom stereocenters. The Kier molecular flexibility index (Phi) is 3.06. The number of halogens is 2. The molecule has 12 heavy (non-hydrogen) atoms. The highest BCUT2D eigenvalue weighted by molar-refractivity contribution is 6.20. The summed E-state index contributed by atoms with van der Waals surface area (Å²) in [6.07, 6.45) is 0. The van der Waals surface area contributed by atoms with Gasteiger partial charge in [-0.05, 0) is 31.8 Å². The van der Waals surface area contributed by atoms with E-state index in [9.17, 15) is 4.39 Å². The van der Waals surface area contributed by atoms with Gasteiger partial charge < -0.3 is 0 Å². The Hall–Kier alpha value is -0.600. The predicted molar refractivity (Wildman–Crippen MR) is 48.7 cm³/mol. The van der Waals surface area contributed by atoms with Gasteiger partial charge in [0, 0.05) is 0 Å². The molecule has 0 aliphatic heterocycles. The molecule has 0 bridgehead atoms. The van der Waals surface area contributed by atoms with E-state index in [1.54, 1.807) is 12.1 Å². The molecule has 1 rings (SSSR count). The lowest BCUT2D eigenvalue weighted by Gasteiger charge is -2.17. The molecule has 0 fully saturated rings. The summed E-state index contributed by atoms with van der Waals surface area (Å²) < 4.78 is 12.7. The van der Waals surface area contributed by atoms with Crippen LogP contribution < -0.4 is 0 Å². The van der Waals surface area contributed by atoms with Crippen LogP contribution in [0, 0.1) is 5.82 Å². The van der Waals surface area contributed by atoms with Crippen LogP contribution in [0.1, 0.15) is 11.1 Å². The number of hydrogen-bond donors (Lipinski definition) is 0. The number of alkyl halides is 1. The maximum Gasteiger partial charge on any atom is 0.123 e. The Labute approximate surface area is 76.8 Å². The van der Waals surface area contributed by atoms with Crippen molar-refractivity contribution < 1.29 is 4.39 Å². The van der Waals surface area contributed by atoms with Crippen LogP contribution in [0.15, 0.2) is 24.3 Å². The monoisotopic (exact) mass is 187 g/mol. The third kappa shape index (κ3) is 2.19. The molecule has 0 aliphatic rings. The number of hydrogen-bond acceptors (Lipinski definition) is 1. The molecule has 0 N–H and O–H groups in total. The van der Waals surface area contributed by atoms with Gasteiger partial charge in [0.2, 0.25) is 0 Å². The third-order valence-electron chi connectivity index (χ3n) is 1.58. The van der Waals surface area contributed by atoms with Gasteiger partial charge in [-0.3, -0.25) is 4.90 Å². The van der Waals surface area contributed by atoms with Crippen molar-refractivity contribution in [3.05, 3.63) is 35.6 Å². The second kappa shape index (κ2) is 3.87. The largest absolute Gasteiger partial charge is 0.290 e. The van der Waals surface area contributed by atoms with Gasteiger partial charge in [0.15, 0.2) is 0 Å².